The second-order valence-electron chi connectivity index (χ2n) is 7.86. The van der Waals surface area contributed by atoms with Gasteiger partial charge >= 0.3 is 0 Å². The Morgan fingerprint density at radius 3 is 2.52 bits per heavy atom. The van der Waals surface area contributed by atoms with E-state index in [0.717, 1.165) is 5.56 Å². The Bertz CT molecular complexity index is 754. The zero-order chi connectivity index (χ0) is 20.8. The normalized spacial score (nSPS) is 20.0. The first-order valence-corrected chi connectivity index (χ1v) is 10.2. The number of piperazine rings is 1. The number of benzene rings is 1. The quantitative estimate of drug-likeness (QED) is 0.690. The summed E-state index contributed by atoms with van der Waals surface area (Å²) in [6, 6.07) is 8.13. The predicted octanol–water partition coefficient (Wildman–Crippen LogP) is 0.790. The lowest BCUT2D eigenvalue weighted by Gasteiger charge is -2.35. The smallest absolute Gasteiger partial charge is 0.234 e. The molecule has 1 unspecified atom stereocenters. The monoisotopic (exact) mass is 398 g/mol. The molecular formula is C22H30N4O3. The molecule has 0 aliphatic carbocycles. The van der Waals surface area contributed by atoms with E-state index in [-0.39, 0.29) is 30.1 Å². The van der Waals surface area contributed by atoms with Crippen molar-refractivity contribution in [1.82, 2.24) is 20.0 Å². The average molecular weight is 399 g/mol. The van der Waals surface area contributed by atoms with Gasteiger partial charge in [-0.1, -0.05) is 35.9 Å². The number of carbonyl (C=O) groups is 3. The molecule has 2 aliphatic heterocycles. The van der Waals surface area contributed by atoms with E-state index in [4.69, 9.17) is 0 Å². The number of likely N-dealkylation sites (tertiary alicyclic amines) is 1. The van der Waals surface area contributed by atoms with Crippen LogP contribution in [0.3, 0.4) is 0 Å². The molecular weight excluding hydrogens is 368 g/mol. The number of nitrogens with one attached hydrogen (secondary N) is 1. The molecule has 1 atom stereocenters. The average Bonchev–Trinajstić information content (AvgIpc) is 3.08. The van der Waals surface area contributed by atoms with E-state index in [0.29, 0.717) is 52.4 Å². The fourth-order valence-corrected chi connectivity index (χ4v) is 3.83. The molecule has 3 amide bonds. The first kappa shape index (κ1) is 21.0. The maximum Gasteiger partial charge on any atom is 0.234 e. The third-order valence-corrected chi connectivity index (χ3v) is 5.55. The summed E-state index contributed by atoms with van der Waals surface area (Å²) in [5.41, 5.74) is 2.27. The van der Waals surface area contributed by atoms with Gasteiger partial charge in [-0.15, -0.1) is 6.58 Å². The summed E-state index contributed by atoms with van der Waals surface area (Å²) in [5, 5.41) is 2.77. The van der Waals surface area contributed by atoms with Crippen LogP contribution in [-0.4, -0.2) is 78.2 Å². The van der Waals surface area contributed by atoms with Crippen molar-refractivity contribution >= 4 is 17.7 Å². The van der Waals surface area contributed by atoms with Crippen molar-refractivity contribution in [2.75, 3.05) is 45.8 Å². The summed E-state index contributed by atoms with van der Waals surface area (Å²) < 4.78 is 0. The van der Waals surface area contributed by atoms with Gasteiger partial charge in [-0.25, -0.2) is 0 Å². The molecule has 3 rings (SSSR count). The van der Waals surface area contributed by atoms with E-state index in [9.17, 15) is 14.4 Å². The van der Waals surface area contributed by atoms with E-state index >= 15 is 0 Å². The van der Waals surface area contributed by atoms with E-state index in [1.165, 1.54) is 5.56 Å². The van der Waals surface area contributed by atoms with Gasteiger partial charge in [-0.3, -0.25) is 19.3 Å². The number of hydrogen-bond donors (Lipinski definition) is 1. The zero-order valence-corrected chi connectivity index (χ0v) is 17.1. The lowest BCUT2D eigenvalue weighted by atomic mass is 10.1. The Morgan fingerprint density at radius 2 is 1.86 bits per heavy atom. The summed E-state index contributed by atoms with van der Waals surface area (Å²) in [5.74, 6) is -0.199. The minimum absolute atomic E-state index is 0.0298. The summed E-state index contributed by atoms with van der Waals surface area (Å²) in [7, 11) is 0. The molecule has 0 radical (unpaired) electrons. The Labute approximate surface area is 172 Å². The Balaban J connectivity index is 1.46. The van der Waals surface area contributed by atoms with Crippen molar-refractivity contribution in [1.29, 1.82) is 0 Å². The number of rotatable bonds is 7. The molecule has 29 heavy (non-hydrogen) atoms. The molecule has 1 aromatic carbocycles. The van der Waals surface area contributed by atoms with Crippen molar-refractivity contribution in [3.05, 3.63) is 48.0 Å². The minimum Gasteiger partial charge on any atom is -0.352 e. The van der Waals surface area contributed by atoms with Gasteiger partial charge in [0.15, 0.2) is 0 Å². The van der Waals surface area contributed by atoms with Crippen molar-refractivity contribution in [2.45, 2.75) is 19.9 Å². The van der Waals surface area contributed by atoms with Crippen LogP contribution in [-0.2, 0) is 20.9 Å². The molecule has 2 saturated heterocycles. The molecule has 156 valence electrons. The van der Waals surface area contributed by atoms with Crippen molar-refractivity contribution < 1.29 is 14.4 Å². The van der Waals surface area contributed by atoms with Crippen LogP contribution in [0.1, 0.15) is 17.5 Å². The van der Waals surface area contributed by atoms with Crippen LogP contribution in [0, 0.1) is 12.8 Å². The lowest BCUT2D eigenvalue weighted by molar-refractivity contribution is -0.137. The third-order valence-electron chi connectivity index (χ3n) is 5.55. The van der Waals surface area contributed by atoms with Crippen molar-refractivity contribution in [2.24, 2.45) is 5.92 Å². The minimum atomic E-state index is -0.268. The van der Waals surface area contributed by atoms with Crippen LogP contribution in [0.4, 0.5) is 0 Å². The van der Waals surface area contributed by atoms with Gasteiger partial charge in [0.25, 0.3) is 0 Å². The van der Waals surface area contributed by atoms with E-state index in [1.54, 1.807) is 11.0 Å². The number of amides is 3. The van der Waals surface area contributed by atoms with Crippen LogP contribution in [0.2, 0.25) is 0 Å². The Hall–Kier alpha value is -2.67. The highest BCUT2D eigenvalue weighted by Gasteiger charge is 2.37. The Morgan fingerprint density at radius 1 is 1.17 bits per heavy atom. The molecule has 1 aromatic rings. The maximum absolute atomic E-state index is 12.9. The van der Waals surface area contributed by atoms with Crippen LogP contribution in [0.15, 0.2) is 36.9 Å². The van der Waals surface area contributed by atoms with Crippen LogP contribution < -0.4 is 5.32 Å². The second-order valence-corrected chi connectivity index (χ2v) is 7.86. The van der Waals surface area contributed by atoms with E-state index < -0.39 is 0 Å². The molecule has 2 fully saturated rings. The molecule has 0 spiro atoms. The fourth-order valence-electron chi connectivity index (χ4n) is 3.83. The largest absolute Gasteiger partial charge is 0.352 e. The molecule has 2 heterocycles. The molecule has 1 N–H and O–H groups in total. The van der Waals surface area contributed by atoms with Crippen molar-refractivity contribution in [3.8, 4) is 0 Å². The van der Waals surface area contributed by atoms with Gasteiger partial charge in [-0.2, -0.15) is 0 Å². The zero-order valence-electron chi connectivity index (χ0n) is 17.1. The second kappa shape index (κ2) is 9.69. The van der Waals surface area contributed by atoms with Crippen LogP contribution >= 0.6 is 0 Å². The highest BCUT2D eigenvalue weighted by atomic mass is 16.2. The summed E-state index contributed by atoms with van der Waals surface area (Å²) >= 11 is 0. The summed E-state index contributed by atoms with van der Waals surface area (Å²) in [6.45, 7) is 9.97. The number of carbonyl (C=O) groups excluding carboxylic acids is 3. The van der Waals surface area contributed by atoms with Gasteiger partial charge in [-0.05, 0) is 12.5 Å². The highest BCUT2D eigenvalue weighted by molar-refractivity contribution is 5.89. The van der Waals surface area contributed by atoms with Gasteiger partial charge in [0.1, 0.15) is 0 Å². The van der Waals surface area contributed by atoms with Crippen LogP contribution in [0.25, 0.3) is 0 Å². The molecule has 2 aliphatic rings. The Kier molecular flexibility index (Phi) is 7.04. The predicted molar refractivity (Wildman–Crippen MR) is 111 cm³/mol. The number of nitrogens with zero attached hydrogens (tertiary/aromatic N) is 3. The fraction of sp³-hybridized carbons (Fsp3) is 0.500. The molecule has 0 saturated carbocycles. The molecule has 7 nitrogen and oxygen atoms in total. The molecule has 0 bridgehead atoms. The van der Waals surface area contributed by atoms with Gasteiger partial charge in [0.2, 0.25) is 17.7 Å². The number of aryl methyl sites for hydroxylation is 1. The van der Waals surface area contributed by atoms with E-state index in [2.05, 4.69) is 11.9 Å². The molecule has 0 aromatic heterocycles. The highest BCUT2D eigenvalue weighted by Crippen LogP contribution is 2.23. The third kappa shape index (κ3) is 5.67. The first-order chi connectivity index (χ1) is 14.0. The maximum atomic E-state index is 12.9. The SMILES string of the molecule is C=CCNC(=O)CN1CCN(C(=O)C2CC(=O)N(Cc3ccc(C)cc3)C2)CC1. The lowest BCUT2D eigenvalue weighted by Crippen LogP contribution is -2.52. The van der Waals surface area contributed by atoms with Crippen molar-refractivity contribution in [3.63, 3.8) is 0 Å². The summed E-state index contributed by atoms with van der Waals surface area (Å²) in [6.07, 6.45) is 1.94. The van der Waals surface area contributed by atoms with Crippen LogP contribution in [0.5, 0.6) is 0 Å². The topological polar surface area (TPSA) is 73.0 Å². The number of hydrogen-bond acceptors (Lipinski definition) is 4. The summed E-state index contributed by atoms with van der Waals surface area (Å²) in [4.78, 5) is 42.8. The van der Waals surface area contributed by atoms with E-state index in [1.807, 2.05) is 41.0 Å². The van der Waals surface area contributed by atoms with Gasteiger partial charge < -0.3 is 15.1 Å². The van der Waals surface area contributed by atoms with Gasteiger partial charge in [0.05, 0.1) is 12.5 Å². The van der Waals surface area contributed by atoms with Gasteiger partial charge in [0, 0.05) is 52.2 Å². The molecule has 7 heteroatoms. The standard InChI is InChI=1S/C22H30N4O3/c1-3-8-23-20(27)16-24-9-11-25(12-10-24)22(29)19-13-21(28)26(15-19)14-18-6-4-17(2)5-7-18/h3-7,19H,1,8-16H2,2H3,(H,23,27). The first-order valence-electron chi connectivity index (χ1n) is 10.2.